The van der Waals surface area contributed by atoms with Crippen molar-refractivity contribution >= 4 is 10.0 Å². The molecule has 5 nitrogen and oxygen atoms in total. The molecule has 0 amide bonds. The molecule has 1 heterocycles. The zero-order valence-corrected chi connectivity index (χ0v) is 11.4. The zero-order chi connectivity index (χ0) is 13.2. The summed E-state index contributed by atoms with van der Waals surface area (Å²) in [6.07, 6.45) is 0. The van der Waals surface area contributed by atoms with E-state index in [0.29, 0.717) is 11.4 Å². The van der Waals surface area contributed by atoms with Crippen LogP contribution in [0.25, 0.3) is 0 Å². The lowest BCUT2D eigenvalue weighted by Crippen LogP contribution is -2.37. The van der Waals surface area contributed by atoms with Gasteiger partial charge < -0.3 is 0 Å². The average molecular weight is 269 g/mol. The second-order valence-electron chi connectivity index (χ2n) is 4.69. The first-order valence-corrected chi connectivity index (χ1v) is 7.55. The molecule has 1 saturated heterocycles. The minimum Gasteiger partial charge on any atom is -0.254 e. The highest BCUT2D eigenvalue weighted by molar-refractivity contribution is 7.89. The van der Waals surface area contributed by atoms with Crippen molar-refractivity contribution in [3.63, 3.8) is 0 Å². The molecule has 0 aromatic heterocycles. The van der Waals surface area contributed by atoms with Gasteiger partial charge in [0.2, 0.25) is 10.0 Å². The highest BCUT2D eigenvalue weighted by Crippen LogP contribution is 2.15. The lowest BCUT2D eigenvalue weighted by molar-refractivity contribution is 0.437. The number of benzene rings is 1. The summed E-state index contributed by atoms with van der Waals surface area (Å²) in [7, 11) is -3.40. The first-order valence-electron chi connectivity index (χ1n) is 6.06. The minimum atomic E-state index is -3.40. The van der Waals surface area contributed by atoms with Crippen LogP contribution in [0, 0.1) is 5.92 Å². The second kappa shape index (κ2) is 5.36. The van der Waals surface area contributed by atoms with E-state index in [2.05, 4.69) is 15.6 Å². The Bertz CT molecular complexity index is 479. The molecule has 2 rings (SSSR count). The number of hydrogen-bond donors (Lipinski definition) is 3. The summed E-state index contributed by atoms with van der Waals surface area (Å²) in [5.41, 5.74) is 6.22. The third-order valence-corrected chi connectivity index (χ3v) is 4.83. The molecule has 1 fully saturated rings. The SMILES string of the molecule is CC1NNC(C)C1CNS(=O)(=O)c1ccccc1. The number of sulfonamides is 1. The van der Waals surface area contributed by atoms with Crippen LogP contribution in [0.5, 0.6) is 0 Å². The second-order valence-corrected chi connectivity index (χ2v) is 6.46. The summed E-state index contributed by atoms with van der Waals surface area (Å²) in [4.78, 5) is 0.309. The Hall–Kier alpha value is -0.950. The summed E-state index contributed by atoms with van der Waals surface area (Å²) >= 11 is 0. The van der Waals surface area contributed by atoms with Crippen LogP contribution >= 0.6 is 0 Å². The molecule has 18 heavy (non-hydrogen) atoms. The number of hydrazine groups is 1. The Morgan fingerprint density at radius 3 is 2.22 bits per heavy atom. The molecule has 2 unspecified atom stereocenters. The van der Waals surface area contributed by atoms with Crippen LogP contribution < -0.4 is 15.6 Å². The van der Waals surface area contributed by atoms with E-state index in [0.717, 1.165) is 0 Å². The Labute approximate surface area is 108 Å². The molecule has 1 aliphatic rings. The molecule has 100 valence electrons. The first kappa shape index (κ1) is 13.5. The maximum atomic E-state index is 12.1. The van der Waals surface area contributed by atoms with Gasteiger partial charge in [0.25, 0.3) is 0 Å². The van der Waals surface area contributed by atoms with Gasteiger partial charge in [-0.05, 0) is 26.0 Å². The van der Waals surface area contributed by atoms with Gasteiger partial charge in [0, 0.05) is 24.5 Å². The summed E-state index contributed by atoms with van der Waals surface area (Å²) in [5, 5.41) is 0. The molecule has 3 N–H and O–H groups in total. The molecular weight excluding hydrogens is 250 g/mol. The normalized spacial score (nSPS) is 28.4. The van der Waals surface area contributed by atoms with Crippen molar-refractivity contribution < 1.29 is 8.42 Å². The number of rotatable bonds is 4. The van der Waals surface area contributed by atoms with E-state index in [1.807, 2.05) is 13.8 Å². The van der Waals surface area contributed by atoms with E-state index >= 15 is 0 Å². The summed E-state index contributed by atoms with van der Waals surface area (Å²) in [5.74, 6) is 0.239. The van der Waals surface area contributed by atoms with Crippen LogP contribution in [0.15, 0.2) is 35.2 Å². The van der Waals surface area contributed by atoms with Gasteiger partial charge >= 0.3 is 0 Å². The van der Waals surface area contributed by atoms with E-state index < -0.39 is 10.0 Å². The van der Waals surface area contributed by atoms with Gasteiger partial charge in [-0.2, -0.15) is 0 Å². The van der Waals surface area contributed by atoms with Crippen molar-refractivity contribution in [3.05, 3.63) is 30.3 Å². The van der Waals surface area contributed by atoms with E-state index in [4.69, 9.17) is 0 Å². The highest BCUT2D eigenvalue weighted by atomic mass is 32.2. The van der Waals surface area contributed by atoms with E-state index in [1.54, 1.807) is 30.3 Å². The van der Waals surface area contributed by atoms with Crippen molar-refractivity contribution in [2.45, 2.75) is 30.8 Å². The van der Waals surface area contributed by atoms with Crippen LogP contribution in [0.1, 0.15) is 13.8 Å². The fourth-order valence-electron chi connectivity index (χ4n) is 2.15. The molecule has 0 radical (unpaired) electrons. The van der Waals surface area contributed by atoms with Crippen molar-refractivity contribution in [3.8, 4) is 0 Å². The maximum Gasteiger partial charge on any atom is 0.240 e. The van der Waals surface area contributed by atoms with Gasteiger partial charge in [-0.25, -0.2) is 13.1 Å². The molecule has 2 atom stereocenters. The van der Waals surface area contributed by atoms with Gasteiger partial charge in [0.05, 0.1) is 4.90 Å². The number of hydrogen-bond acceptors (Lipinski definition) is 4. The standard InChI is InChI=1S/C12H19N3O2S/c1-9-12(10(2)15-14-9)8-13-18(16,17)11-6-4-3-5-7-11/h3-7,9-10,12-15H,8H2,1-2H3. The molecule has 1 aromatic rings. The highest BCUT2D eigenvalue weighted by Gasteiger charge is 2.30. The molecule has 1 aromatic carbocycles. The summed E-state index contributed by atoms with van der Waals surface area (Å²) in [6.45, 7) is 4.51. The van der Waals surface area contributed by atoms with Gasteiger partial charge in [0.1, 0.15) is 0 Å². The molecule has 0 saturated carbocycles. The van der Waals surface area contributed by atoms with Crippen LogP contribution in [0.3, 0.4) is 0 Å². The molecular formula is C12H19N3O2S. The fraction of sp³-hybridized carbons (Fsp3) is 0.500. The minimum absolute atomic E-state index is 0.239. The lowest BCUT2D eigenvalue weighted by Gasteiger charge is -2.18. The quantitative estimate of drug-likeness (QED) is 0.743. The van der Waals surface area contributed by atoms with Crippen molar-refractivity contribution in [1.82, 2.24) is 15.6 Å². The molecule has 0 spiro atoms. The third-order valence-electron chi connectivity index (χ3n) is 3.39. The molecule has 0 bridgehead atoms. The summed E-state index contributed by atoms with van der Waals surface area (Å²) in [6, 6.07) is 8.93. The van der Waals surface area contributed by atoms with Crippen LogP contribution in [-0.2, 0) is 10.0 Å². The Balaban J connectivity index is 2.02. The van der Waals surface area contributed by atoms with Gasteiger partial charge in [-0.15, -0.1) is 0 Å². The fourth-order valence-corrected chi connectivity index (χ4v) is 3.25. The molecule has 0 aliphatic carbocycles. The smallest absolute Gasteiger partial charge is 0.240 e. The van der Waals surface area contributed by atoms with Crippen LogP contribution in [-0.4, -0.2) is 27.0 Å². The lowest BCUT2D eigenvalue weighted by atomic mass is 9.97. The molecule has 6 heteroatoms. The maximum absolute atomic E-state index is 12.1. The summed E-state index contributed by atoms with van der Waals surface area (Å²) < 4.78 is 26.8. The predicted octanol–water partition coefficient (Wildman–Crippen LogP) is 0.466. The van der Waals surface area contributed by atoms with Crippen molar-refractivity contribution in [2.75, 3.05) is 6.54 Å². The van der Waals surface area contributed by atoms with Gasteiger partial charge in [-0.1, -0.05) is 18.2 Å². The van der Waals surface area contributed by atoms with E-state index in [1.165, 1.54) is 0 Å². The van der Waals surface area contributed by atoms with Crippen LogP contribution in [0.4, 0.5) is 0 Å². The van der Waals surface area contributed by atoms with E-state index in [9.17, 15) is 8.42 Å². The Morgan fingerprint density at radius 1 is 1.11 bits per heavy atom. The number of nitrogens with one attached hydrogen (secondary N) is 3. The first-order chi connectivity index (χ1) is 8.50. The van der Waals surface area contributed by atoms with Crippen molar-refractivity contribution in [2.24, 2.45) is 5.92 Å². The largest absolute Gasteiger partial charge is 0.254 e. The third kappa shape index (κ3) is 2.89. The molecule has 1 aliphatic heterocycles. The van der Waals surface area contributed by atoms with E-state index in [-0.39, 0.29) is 18.0 Å². The zero-order valence-electron chi connectivity index (χ0n) is 10.6. The van der Waals surface area contributed by atoms with Crippen molar-refractivity contribution in [1.29, 1.82) is 0 Å². The topological polar surface area (TPSA) is 70.2 Å². The van der Waals surface area contributed by atoms with Crippen LogP contribution in [0.2, 0.25) is 0 Å². The predicted molar refractivity (Wildman–Crippen MR) is 70.3 cm³/mol. The monoisotopic (exact) mass is 269 g/mol. The van der Waals surface area contributed by atoms with Gasteiger partial charge in [-0.3, -0.25) is 10.9 Å². The Kier molecular flexibility index (Phi) is 4.01. The van der Waals surface area contributed by atoms with Gasteiger partial charge in [0.15, 0.2) is 0 Å². The Morgan fingerprint density at radius 2 is 1.67 bits per heavy atom. The average Bonchev–Trinajstić information content (AvgIpc) is 2.68.